The van der Waals surface area contributed by atoms with Crippen LogP contribution in [0.2, 0.25) is 0 Å². The number of anilines is 1. The average Bonchev–Trinajstić information content (AvgIpc) is 2.26. The number of para-hydroxylation sites is 1. The van der Waals surface area contributed by atoms with Crippen LogP contribution in [-0.2, 0) is 0 Å². The minimum atomic E-state index is 0.346. The van der Waals surface area contributed by atoms with Gasteiger partial charge in [-0.15, -0.1) is 12.6 Å². The lowest BCUT2D eigenvalue weighted by Gasteiger charge is -2.21. The number of rotatable bonds is 1. The zero-order valence-corrected chi connectivity index (χ0v) is 10.6. The molecule has 0 atom stereocenters. The van der Waals surface area contributed by atoms with E-state index in [1.54, 1.807) is 0 Å². The van der Waals surface area contributed by atoms with Gasteiger partial charge in [0.2, 0.25) is 0 Å². The van der Waals surface area contributed by atoms with Gasteiger partial charge in [-0.2, -0.15) is 0 Å². The van der Waals surface area contributed by atoms with Crippen LogP contribution in [0.25, 0.3) is 0 Å². The third kappa shape index (κ3) is 4.03. The Kier molecular flexibility index (Phi) is 4.80. The van der Waals surface area contributed by atoms with Crippen molar-refractivity contribution in [3.63, 3.8) is 0 Å². The van der Waals surface area contributed by atoms with Crippen LogP contribution in [0.4, 0.5) is 5.69 Å². The molecule has 1 aromatic rings. The lowest BCUT2D eigenvalue weighted by molar-refractivity contribution is 0.882. The van der Waals surface area contributed by atoms with Crippen LogP contribution < -0.4 is 15.8 Å². The molecule has 0 radical (unpaired) electrons. The Morgan fingerprint density at radius 1 is 1.20 bits per heavy atom. The second-order valence-electron chi connectivity index (χ2n) is 2.75. The maximum atomic E-state index is 5.14. The number of hydrazine groups is 1. The zero-order valence-electron chi connectivity index (χ0n) is 8.10. The molecule has 0 heterocycles. The molecular weight excluding hydrogens is 246 g/mol. The lowest BCUT2D eigenvalue weighted by atomic mass is 10.3. The van der Waals surface area contributed by atoms with E-state index < -0.39 is 0 Å². The van der Waals surface area contributed by atoms with Gasteiger partial charge in [-0.3, -0.25) is 10.9 Å². The maximum Gasteiger partial charge on any atom is 0.192 e. The molecule has 1 aromatic carbocycles. The molecule has 0 spiro atoms. The van der Waals surface area contributed by atoms with Crippen LogP contribution in [-0.4, -0.2) is 16.5 Å². The monoisotopic (exact) mass is 257 g/mol. The molecular formula is C9H11N3S3. The Morgan fingerprint density at radius 3 is 2.33 bits per heavy atom. The number of hydrogen-bond donors (Lipinski definition) is 3. The minimum absolute atomic E-state index is 0.346. The summed E-state index contributed by atoms with van der Waals surface area (Å²) >= 11 is 13.8. The predicted molar refractivity (Wildman–Crippen MR) is 75.3 cm³/mol. The standard InChI is InChI=1S/C9H11N3S3/c1-12(7-5-3-2-4-6-7)8(13)10-11-9(14)15/h2-6H,1H3,(H,10,13)(H2,11,14,15). The van der Waals surface area contributed by atoms with Crippen molar-refractivity contribution in [2.45, 2.75) is 0 Å². The molecule has 0 aliphatic carbocycles. The number of hydrogen-bond acceptors (Lipinski definition) is 2. The molecule has 80 valence electrons. The van der Waals surface area contributed by atoms with Crippen LogP contribution in [0.3, 0.4) is 0 Å². The van der Waals surface area contributed by atoms with Crippen LogP contribution in [0.5, 0.6) is 0 Å². The molecule has 0 bridgehead atoms. The highest BCUT2D eigenvalue weighted by atomic mass is 32.1. The normalized spacial score (nSPS) is 9.20. The maximum absolute atomic E-state index is 5.14. The van der Waals surface area contributed by atoms with Crippen LogP contribution >= 0.6 is 37.1 Å². The third-order valence-corrected chi connectivity index (χ3v) is 2.31. The summed E-state index contributed by atoms with van der Waals surface area (Å²) in [5, 5.41) is 0.526. The molecule has 1 rings (SSSR count). The first-order valence-corrected chi connectivity index (χ1v) is 5.45. The number of thiol groups is 1. The van der Waals surface area contributed by atoms with E-state index in [9.17, 15) is 0 Å². The molecule has 0 aromatic heterocycles. The first-order valence-electron chi connectivity index (χ1n) is 4.19. The Morgan fingerprint density at radius 2 is 1.80 bits per heavy atom. The highest BCUT2D eigenvalue weighted by molar-refractivity contribution is 8.11. The first kappa shape index (κ1) is 12.2. The summed E-state index contributed by atoms with van der Waals surface area (Å²) in [6, 6.07) is 9.78. The third-order valence-electron chi connectivity index (χ3n) is 1.72. The number of nitrogens with one attached hydrogen (secondary N) is 2. The number of benzene rings is 1. The number of nitrogens with zero attached hydrogens (tertiary/aromatic N) is 1. The quantitative estimate of drug-likeness (QED) is 0.405. The molecule has 0 aliphatic rings. The summed E-state index contributed by atoms with van der Waals surface area (Å²) < 4.78 is 0.346. The molecule has 6 heteroatoms. The Labute approximate surface area is 105 Å². The van der Waals surface area contributed by atoms with Gasteiger partial charge in [-0.05, 0) is 24.4 Å². The van der Waals surface area contributed by atoms with Crippen molar-refractivity contribution in [2.24, 2.45) is 0 Å². The molecule has 0 unspecified atom stereocenters. The zero-order chi connectivity index (χ0) is 11.3. The SMILES string of the molecule is CN(C(=S)NNC(=S)S)c1ccccc1. The van der Waals surface area contributed by atoms with Crippen molar-refractivity contribution in [3.8, 4) is 0 Å². The lowest BCUT2D eigenvalue weighted by Crippen LogP contribution is -2.45. The fourth-order valence-corrected chi connectivity index (χ4v) is 1.22. The van der Waals surface area contributed by atoms with Gasteiger partial charge in [-0.1, -0.05) is 30.4 Å². The molecule has 0 amide bonds. The van der Waals surface area contributed by atoms with Crippen molar-refractivity contribution in [2.75, 3.05) is 11.9 Å². The summed E-state index contributed by atoms with van der Waals surface area (Å²) in [6.07, 6.45) is 0. The highest BCUT2D eigenvalue weighted by Crippen LogP contribution is 2.10. The van der Waals surface area contributed by atoms with E-state index in [4.69, 9.17) is 24.4 Å². The average molecular weight is 257 g/mol. The van der Waals surface area contributed by atoms with E-state index in [1.807, 2.05) is 42.3 Å². The summed E-state index contributed by atoms with van der Waals surface area (Å²) in [4.78, 5) is 1.83. The van der Waals surface area contributed by atoms with Crippen molar-refractivity contribution < 1.29 is 0 Å². The van der Waals surface area contributed by atoms with E-state index in [0.717, 1.165) is 5.69 Å². The summed E-state index contributed by atoms with van der Waals surface area (Å²) in [6.45, 7) is 0. The van der Waals surface area contributed by atoms with Gasteiger partial charge in [-0.25, -0.2) is 0 Å². The predicted octanol–water partition coefficient (Wildman–Crippen LogP) is 1.72. The fraction of sp³-hybridized carbons (Fsp3) is 0.111. The van der Waals surface area contributed by atoms with E-state index in [2.05, 4.69) is 23.5 Å². The van der Waals surface area contributed by atoms with Crippen molar-refractivity contribution >= 4 is 52.2 Å². The Bertz CT molecular complexity index is 353. The molecule has 2 N–H and O–H groups in total. The molecule has 3 nitrogen and oxygen atoms in total. The van der Waals surface area contributed by atoms with Gasteiger partial charge in [0.1, 0.15) is 4.32 Å². The van der Waals surface area contributed by atoms with Gasteiger partial charge < -0.3 is 4.90 Å². The Hall–Kier alpha value is -0.850. The summed E-state index contributed by atoms with van der Waals surface area (Å²) in [7, 11) is 1.87. The first-order chi connectivity index (χ1) is 7.11. The van der Waals surface area contributed by atoms with Gasteiger partial charge >= 0.3 is 0 Å². The highest BCUT2D eigenvalue weighted by Gasteiger charge is 2.04. The van der Waals surface area contributed by atoms with E-state index >= 15 is 0 Å². The van der Waals surface area contributed by atoms with Crippen molar-refractivity contribution in [3.05, 3.63) is 30.3 Å². The van der Waals surface area contributed by atoms with Gasteiger partial charge in [0.15, 0.2) is 5.11 Å². The van der Waals surface area contributed by atoms with Gasteiger partial charge in [0.25, 0.3) is 0 Å². The molecule has 0 aliphatic heterocycles. The molecule has 0 saturated heterocycles. The Balaban J connectivity index is 2.57. The fourth-order valence-electron chi connectivity index (χ4n) is 0.960. The summed E-state index contributed by atoms with van der Waals surface area (Å²) in [5.41, 5.74) is 6.43. The molecule has 0 saturated carbocycles. The topological polar surface area (TPSA) is 27.3 Å². The van der Waals surface area contributed by atoms with Crippen LogP contribution in [0.15, 0.2) is 30.3 Å². The van der Waals surface area contributed by atoms with Gasteiger partial charge in [0.05, 0.1) is 0 Å². The molecule has 0 fully saturated rings. The summed E-state index contributed by atoms with van der Waals surface area (Å²) in [5.74, 6) is 0. The van der Waals surface area contributed by atoms with Crippen molar-refractivity contribution in [1.82, 2.24) is 10.9 Å². The van der Waals surface area contributed by atoms with E-state index in [1.165, 1.54) is 0 Å². The second kappa shape index (κ2) is 5.89. The van der Waals surface area contributed by atoms with E-state index in [0.29, 0.717) is 9.43 Å². The van der Waals surface area contributed by atoms with Crippen LogP contribution in [0, 0.1) is 0 Å². The van der Waals surface area contributed by atoms with E-state index in [-0.39, 0.29) is 0 Å². The second-order valence-corrected chi connectivity index (χ2v) is 4.30. The van der Waals surface area contributed by atoms with Crippen LogP contribution in [0.1, 0.15) is 0 Å². The largest absolute Gasteiger partial charge is 0.321 e. The smallest absolute Gasteiger partial charge is 0.192 e. The van der Waals surface area contributed by atoms with Gasteiger partial charge in [0, 0.05) is 12.7 Å². The molecule has 15 heavy (non-hydrogen) atoms. The van der Waals surface area contributed by atoms with Crippen molar-refractivity contribution in [1.29, 1.82) is 0 Å². The minimum Gasteiger partial charge on any atom is -0.321 e. The number of thiocarbonyl (C=S) groups is 2.